The summed E-state index contributed by atoms with van der Waals surface area (Å²) in [5.41, 5.74) is -0.671. The van der Waals surface area contributed by atoms with Crippen LogP contribution in [0.1, 0.15) is 38.5 Å². The molecule has 0 atom stereocenters. The molecule has 1 heterocycles. The van der Waals surface area contributed by atoms with Crippen LogP contribution in [0, 0.1) is 10.8 Å². The molecule has 3 aliphatic rings. The van der Waals surface area contributed by atoms with E-state index in [-0.39, 0.29) is 5.41 Å². The van der Waals surface area contributed by atoms with Crippen molar-refractivity contribution in [2.75, 3.05) is 0 Å². The molecule has 0 aromatic carbocycles. The Labute approximate surface area is 81.5 Å². The second kappa shape index (κ2) is 2.30. The smallest absolute Gasteiger partial charge is 0.246 e. The van der Waals surface area contributed by atoms with E-state index in [0.29, 0.717) is 12.8 Å². The normalized spacial score (nSPS) is 31.7. The van der Waals surface area contributed by atoms with Crippen LogP contribution in [0.4, 0.5) is 0 Å². The van der Waals surface area contributed by atoms with Gasteiger partial charge in [-0.3, -0.25) is 0 Å². The zero-order valence-electron chi connectivity index (χ0n) is 7.88. The van der Waals surface area contributed by atoms with E-state index in [4.69, 9.17) is 0 Å². The van der Waals surface area contributed by atoms with E-state index >= 15 is 0 Å². The molecule has 2 saturated carbocycles. The monoisotopic (exact) mass is 196 g/mol. The van der Waals surface area contributed by atoms with Gasteiger partial charge in [0.2, 0.25) is 0 Å². The van der Waals surface area contributed by atoms with Crippen molar-refractivity contribution >= 4 is 11.9 Å². The molecule has 1 aliphatic heterocycles. The van der Waals surface area contributed by atoms with Crippen LogP contribution in [0.3, 0.4) is 0 Å². The Bertz CT molecular complexity index is 300. The summed E-state index contributed by atoms with van der Waals surface area (Å²) in [4.78, 5) is 31.8. The van der Waals surface area contributed by atoms with Gasteiger partial charge in [0.05, 0.1) is 0 Å². The molecule has 0 unspecified atom stereocenters. The first-order chi connectivity index (χ1) is 6.67. The molecule has 4 nitrogen and oxygen atoms in total. The first-order valence-corrected chi connectivity index (χ1v) is 5.10. The molecular weight excluding hydrogens is 184 g/mol. The summed E-state index contributed by atoms with van der Waals surface area (Å²) in [6.45, 7) is 0. The van der Waals surface area contributed by atoms with Gasteiger partial charge in [0.25, 0.3) is 0 Å². The number of carbonyl (C=O) groups is 2. The fourth-order valence-electron chi connectivity index (χ4n) is 2.85. The van der Waals surface area contributed by atoms with E-state index in [0.717, 1.165) is 25.7 Å². The molecule has 1 saturated heterocycles. The summed E-state index contributed by atoms with van der Waals surface area (Å²) < 4.78 is 0. The molecule has 2 aliphatic carbocycles. The number of hydrogen-bond donors (Lipinski definition) is 0. The van der Waals surface area contributed by atoms with Crippen molar-refractivity contribution in [3.63, 3.8) is 0 Å². The fraction of sp³-hybridized carbons (Fsp3) is 0.800. The molecule has 0 bridgehead atoms. The summed E-state index contributed by atoms with van der Waals surface area (Å²) in [5, 5.41) is 0. The van der Waals surface area contributed by atoms with Crippen LogP contribution in [0.5, 0.6) is 0 Å². The van der Waals surface area contributed by atoms with Gasteiger partial charge in [-0.25, -0.2) is 19.4 Å². The first-order valence-electron chi connectivity index (χ1n) is 5.10. The Balaban J connectivity index is 1.94. The van der Waals surface area contributed by atoms with Gasteiger partial charge in [0, 0.05) is 0 Å². The lowest BCUT2D eigenvalue weighted by Gasteiger charge is -2.31. The van der Waals surface area contributed by atoms with Crippen LogP contribution < -0.4 is 0 Å². The Kier molecular flexibility index (Phi) is 1.36. The molecule has 0 radical (unpaired) electrons. The molecule has 0 aromatic heterocycles. The topological polar surface area (TPSA) is 52.6 Å². The SMILES string of the molecule is O=C1OOC(=O)C12CCCC1(CC1)C2. The van der Waals surface area contributed by atoms with Crippen LogP contribution in [0.25, 0.3) is 0 Å². The van der Waals surface area contributed by atoms with Crippen molar-refractivity contribution in [1.82, 2.24) is 0 Å². The van der Waals surface area contributed by atoms with E-state index in [9.17, 15) is 9.59 Å². The molecule has 14 heavy (non-hydrogen) atoms. The second-order valence-corrected chi connectivity index (χ2v) is 4.85. The number of hydrogen-bond acceptors (Lipinski definition) is 4. The highest BCUT2D eigenvalue weighted by Gasteiger charge is 2.63. The summed E-state index contributed by atoms with van der Waals surface area (Å²) in [6, 6.07) is 0. The minimum absolute atomic E-state index is 0.265. The zero-order valence-corrected chi connectivity index (χ0v) is 7.88. The van der Waals surface area contributed by atoms with Gasteiger partial charge in [-0.2, -0.15) is 0 Å². The molecule has 0 amide bonds. The Hall–Kier alpha value is -1.06. The predicted molar refractivity (Wildman–Crippen MR) is 44.8 cm³/mol. The third-order valence-electron chi connectivity index (χ3n) is 3.92. The van der Waals surface area contributed by atoms with Gasteiger partial charge in [-0.15, -0.1) is 0 Å². The van der Waals surface area contributed by atoms with E-state index < -0.39 is 17.4 Å². The fourth-order valence-corrected chi connectivity index (χ4v) is 2.85. The largest absolute Gasteiger partial charge is 0.373 e. The van der Waals surface area contributed by atoms with E-state index in [1.165, 1.54) is 0 Å². The van der Waals surface area contributed by atoms with Gasteiger partial charge in [0.1, 0.15) is 0 Å². The molecule has 3 fully saturated rings. The van der Waals surface area contributed by atoms with Crippen molar-refractivity contribution in [3.8, 4) is 0 Å². The van der Waals surface area contributed by atoms with Crippen molar-refractivity contribution < 1.29 is 19.4 Å². The predicted octanol–water partition coefficient (Wildman–Crippen LogP) is 1.34. The molecule has 3 rings (SSSR count). The van der Waals surface area contributed by atoms with Crippen molar-refractivity contribution in [3.05, 3.63) is 0 Å². The van der Waals surface area contributed by atoms with E-state index in [1.807, 2.05) is 0 Å². The van der Waals surface area contributed by atoms with E-state index in [1.54, 1.807) is 0 Å². The van der Waals surface area contributed by atoms with Crippen molar-refractivity contribution in [1.29, 1.82) is 0 Å². The lowest BCUT2D eigenvalue weighted by molar-refractivity contribution is -0.235. The first kappa shape index (κ1) is 8.26. The van der Waals surface area contributed by atoms with Gasteiger partial charge < -0.3 is 0 Å². The summed E-state index contributed by atoms with van der Waals surface area (Å²) in [7, 11) is 0. The number of rotatable bonds is 0. The maximum atomic E-state index is 11.5. The maximum absolute atomic E-state index is 11.5. The van der Waals surface area contributed by atoms with Gasteiger partial charge in [0.15, 0.2) is 5.41 Å². The summed E-state index contributed by atoms with van der Waals surface area (Å²) >= 11 is 0. The minimum atomic E-state index is -0.936. The lowest BCUT2D eigenvalue weighted by atomic mass is 9.68. The highest BCUT2D eigenvalue weighted by Crippen LogP contribution is 2.62. The lowest BCUT2D eigenvalue weighted by Crippen LogP contribution is -2.39. The third kappa shape index (κ3) is 0.885. The molecular formula is C10H12O4. The van der Waals surface area contributed by atoms with Crippen LogP contribution in [0.15, 0.2) is 0 Å². The second-order valence-electron chi connectivity index (χ2n) is 4.85. The molecule has 4 heteroatoms. The Morgan fingerprint density at radius 1 is 0.929 bits per heavy atom. The van der Waals surface area contributed by atoms with Crippen LogP contribution in [0.2, 0.25) is 0 Å². The van der Waals surface area contributed by atoms with Crippen LogP contribution >= 0.6 is 0 Å². The maximum Gasteiger partial charge on any atom is 0.373 e. The Morgan fingerprint density at radius 2 is 1.57 bits per heavy atom. The highest BCUT2D eigenvalue weighted by molar-refractivity contribution is 6.03. The van der Waals surface area contributed by atoms with E-state index in [2.05, 4.69) is 9.78 Å². The summed E-state index contributed by atoms with van der Waals surface area (Å²) in [6.07, 6.45) is 5.63. The van der Waals surface area contributed by atoms with Crippen LogP contribution in [-0.4, -0.2) is 11.9 Å². The molecule has 2 spiro atoms. The van der Waals surface area contributed by atoms with Crippen molar-refractivity contribution in [2.45, 2.75) is 38.5 Å². The molecule has 76 valence electrons. The third-order valence-corrected chi connectivity index (χ3v) is 3.92. The zero-order chi connectivity index (χ0) is 9.81. The standard InChI is InChI=1S/C10H12O4/c11-7-10(8(12)14-13-7)3-1-2-9(6-10)4-5-9/h1-6H2. The average molecular weight is 196 g/mol. The van der Waals surface area contributed by atoms with Gasteiger partial charge >= 0.3 is 11.9 Å². The van der Waals surface area contributed by atoms with Gasteiger partial charge in [-0.05, 0) is 37.5 Å². The average Bonchev–Trinajstić information content (AvgIpc) is 2.87. The molecule has 0 N–H and O–H groups in total. The van der Waals surface area contributed by atoms with Crippen LogP contribution in [-0.2, 0) is 19.4 Å². The molecule has 0 aromatic rings. The number of carbonyl (C=O) groups excluding carboxylic acids is 2. The van der Waals surface area contributed by atoms with Crippen molar-refractivity contribution in [2.24, 2.45) is 10.8 Å². The summed E-state index contributed by atoms with van der Waals surface area (Å²) in [5.74, 6) is -0.929. The Morgan fingerprint density at radius 3 is 2.14 bits per heavy atom. The van der Waals surface area contributed by atoms with Gasteiger partial charge in [-0.1, -0.05) is 6.42 Å². The minimum Gasteiger partial charge on any atom is -0.246 e. The highest BCUT2D eigenvalue weighted by atomic mass is 17.2. The quantitative estimate of drug-likeness (QED) is 0.433.